The highest BCUT2D eigenvalue weighted by atomic mass is 32.2. The summed E-state index contributed by atoms with van der Waals surface area (Å²) in [5.74, 6) is 1.11. The number of hydrogen-bond donors (Lipinski definition) is 2. The molecule has 1 rings (SSSR count). The predicted octanol–water partition coefficient (Wildman–Crippen LogP) is 2.01. The van der Waals surface area contributed by atoms with Gasteiger partial charge in [-0.25, -0.2) is 0 Å². The smallest absolute Gasteiger partial charge is 0.220 e. The van der Waals surface area contributed by atoms with E-state index in [4.69, 9.17) is 5.73 Å². The molecule has 1 aliphatic carbocycles. The van der Waals surface area contributed by atoms with Crippen LogP contribution in [-0.2, 0) is 4.79 Å². The Labute approximate surface area is 109 Å². The van der Waals surface area contributed by atoms with Gasteiger partial charge in [-0.1, -0.05) is 13.8 Å². The third-order valence-electron chi connectivity index (χ3n) is 3.46. The van der Waals surface area contributed by atoms with Crippen molar-refractivity contribution < 1.29 is 4.79 Å². The molecule has 1 amide bonds. The molecular formula is C13H26N2OS. The van der Waals surface area contributed by atoms with Gasteiger partial charge in [-0.3, -0.25) is 4.79 Å². The van der Waals surface area contributed by atoms with Gasteiger partial charge in [-0.05, 0) is 43.9 Å². The first kappa shape index (κ1) is 14.8. The predicted molar refractivity (Wildman–Crippen MR) is 75.1 cm³/mol. The zero-order valence-corrected chi connectivity index (χ0v) is 12.1. The van der Waals surface area contributed by atoms with E-state index in [0.29, 0.717) is 29.5 Å². The van der Waals surface area contributed by atoms with E-state index in [2.05, 4.69) is 25.4 Å². The molecule has 4 heteroatoms. The molecule has 0 aromatic carbocycles. The zero-order valence-electron chi connectivity index (χ0n) is 11.3. The van der Waals surface area contributed by atoms with Crippen LogP contribution in [0.3, 0.4) is 0 Å². The molecule has 0 aliphatic heterocycles. The Hall–Kier alpha value is -0.220. The first-order chi connectivity index (χ1) is 8.01. The first-order valence-electron chi connectivity index (χ1n) is 6.53. The van der Waals surface area contributed by atoms with Crippen molar-refractivity contribution in [1.29, 1.82) is 0 Å². The molecule has 0 heterocycles. The number of amides is 1. The Kier molecular flexibility index (Phi) is 5.80. The van der Waals surface area contributed by atoms with E-state index in [9.17, 15) is 4.79 Å². The number of carbonyl (C=O) groups excluding carboxylic acids is 1. The van der Waals surface area contributed by atoms with Gasteiger partial charge in [0.05, 0.1) is 0 Å². The van der Waals surface area contributed by atoms with Gasteiger partial charge in [0.25, 0.3) is 0 Å². The SMILES string of the molecule is CSC1(CNC(=O)C[C@@H](CN)CC(C)C)CC1. The van der Waals surface area contributed by atoms with E-state index >= 15 is 0 Å². The summed E-state index contributed by atoms with van der Waals surface area (Å²) in [6, 6.07) is 0. The van der Waals surface area contributed by atoms with Gasteiger partial charge in [0.1, 0.15) is 0 Å². The lowest BCUT2D eigenvalue weighted by molar-refractivity contribution is -0.122. The fraction of sp³-hybridized carbons (Fsp3) is 0.923. The number of rotatable bonds is 8. The van der Waals surface area contributed by atoms with E-state index < -0.39 is 0 Å². The molecule has 100 valence electrons. The van der Waals surface area contributed by atoms with E-state index in [1.54, 1.807) is 0 Å². The lowest BCUT2D eigenvalue weighted by Gasteiger charge is -2.18. The molecular weight excluding hydrogens is 232 g/mol. The van der Waals surface area contributed by atoms with Crippen molar-refractivity contribution in [3.63, 3.8) is 0 Å². The topological polar surface area (TPSA) is 55.1 Å². The second-order valence-corrected chi connectivity index (χ2v) is 6.87. The summed E-state index contributed by atoms with van der Waals surface area (Å²) in [7, 11) is 0. The normalized spacial score (nSPS) is 19.1. The maximum atomic E-state index is 11.8. The van der Waals surface area contributed by atoms with E-state index in [1.165, 1.54) is 12.8 Å². The number of nitrogens with two attached hydrogens (primary N) is 1. The Bertz CT molecular complexity index is 252. The summed E-state index contributed by atoms with van der Waals surface area (Å²) in [5, 5.41) is 3.06. The Balaban J connectivity index is 2.23. The maximum absolute atomic E-state index is 11.8. The molecule has 1 atom stereocenters. The van der Waals surface area contributed by atoms with Crippen molar-refractivity contribution in [3.05, 3.63) is 0 Å². The Morgan fingerprint density at radius 2 is 2.12 bits per heavy atom. The average Bonchev–Trinajstić information content (AvgIpc) is 3.05. The molecule has 0 aromatic rings. The van der Waals surface area contributed by atoms with Crippen LogP contribution in [0.25, 0.3) is 0 Å². The van der Waals surface area contributed by atoms with Gasteiger partial charge in [0.15, 0.2) is 0 Å². The fourth-order valence-corrected chi connectivity index (χ4v) is 2.84. The molecule has 0 bridgehead atoms. The van der Waals surface area contributed by atoms with Crippen LogP contribution < -0.4 is 11.1 Å². The Morgan fingerprint density at radius 3 is 2.53 bits per heavy atom. The standard InChI is InChI=1S/C13H26N2OS/c1-10(2)6-11(8-14)7-12(16)15-9-13(17-3)4-5-13/h10-11H,4-9,14H2,1-3H3,(H,15,16)/t11-/m0/s1. The molecule has 3 nitrogen and oxygen atoms in total. The Morgan fingerprint density at radius 1 is 1.47 bits per heavy atom. The van der Waals surface area contributed by atoms with E-state index in [-0.39, 0.29) is 5.91 Å². The quantitative estimate of drug-likeness (QED) is 0.700. The lowest BCUT2D eigenvalue weighted by Crippen LogP contribution is -2.34. The number of carbonyl (C=O) groups is 1. The number of hydrogen-bond acceptors (Lipinski definition) is 3. The zero-order chi connectivity index (χ0) is 12.9. The van der Waals surface area contributed by atoms with E-state index in [1.807, 2.05) is 11.8 Å². The van der Waals surface area contributed by atoms with Gasteiger partial charge < -0.3 is 11.1 Å². The third-order valence-corrected chi connectivity index (χ3v) is 4.88. The second-order valence-electron chi connectivity index (χ2n) is 5.60. The molecule has 1 fully saturated rings. The largest absolute Gasteiger partial charge is 0.355 e. The highest BCUT2D eigenvalue weighted by Gasteiger charge is 2.41. The monoisotopic (exact) mass is 258 g/mol. The molecule has 17 heavy (non-hydrogen) atoms. The minimum Gasteiger partial charge on any atom is -0.355 e. The average molecular weight is 258 g/mol. The van der Waals surface area contributed by atoms with Crippen molar-refractivity contribution in [2.75, 3.05) is 19.3 Å². The van der Waals surface area contributed by atoms with Crippen LogP contribution in [0.2, 0.25) is 0 Å². The number of nitrogens with one attached hydrogen (secondary N) is 1. The summed E-state index contributed by atoms with van der Waals surface area (Å²) in [5.41, 5.74) is 5.71. The van der Waals surface area contributed by atoms with Gasteiger partial charge in [0, 0.05) is 17.7 Å². The third kappa shape index (κ3) is 5.30. The van der Waals surface area contributed by atoms with Crippen molar-refractivity contribution >= 4 is 17.7 Å². The van der Waals surface area contributed by atoms with Gasteiger partial charge in [-0.2, -0.15) is 11.8 Å². The molecule has 0 unspecified atom stereocenters. The van der Waals surface area contributed by atoms with Gasteiger partial charge in [0.2, 0.25) is 5.91 Å². The maximum Gasteiger partial charge on any atom is 0.220 e. The molecule has 1 saturated carbocycles. The highest BCUT2D eigenvalue weighted by Crippen LogP contribution is 2.46. The van der Waals surface area contributed by atoms with E-state index in [0.717, 1.165) is 13.0 Å². The van der Waals surface area contributed by atoms with Gasteiger partial charge >= 0.3 is 0 Å². The molecule has 0 spiro atoms. The lowest BCUT2D eigenvalue weighted by atomic mass is 9.94. The summed E-state index contributed by atoms with van der Waals surface area (Å²) < 4.78 is 0.353. The number of thioether (sulfide) groups is 1. The van der Waals surface area contributed by atoms with Crippen LogP contribution in [0.15, 0.2) is 0 Å². The minimum absolute atomic E-state index is 0.168. The molecule has 0 saturated heterocycles. The summed E-state index contributed by atoms with van der Waals surface area (Å²) >= 11 is 1.88. The highest BCUT2D eigenvalue weighted by molar-refractivity contribution is 8.00. The van der Waals surface area contributed by atoms with Crippen LogP contribution in [0.4, 0.5) is 0 Å². The van der Waals surface area contributed by atoms with Crippen LogP contribution in [0, 0.1) is 11.8 Å². The van der Waals surface area contributed by atoms with Crippen molar-refractivity contribution in [3.8, 4) is 0 Å². The fourth-order valence-electron chi connectivity index (χ4n) is 2.12. The van der Waals surface area contributed by atoms with Crippen molar-refractivity contribution in [2.45, 2.75) is 44.3 Å². The molecule has 0 radical (unpaired) electrons. The molecule has 1 aliphatic rings. The minimum atomic E-state index is 0.168. The summed E-state index contributed by atoms with van der Waals surface area (Å²) in [6.45, 7) is 5.78. The van der Waals surface area contributed by atoms with Crippen LogP contribution in [0.1, 0.15) is 39.5 Å². The molecule has 0 aromatic heterocycles. The van der Waals surface area contributed by atoms with Crippen molar-refractivity contribution in [1.82, 2.24) is 5.32 Å². The summed E-state index contributed by atoms with van der Waals surface area (Å²) in [6.07, 6.45) is 6.22. The van der Waals surface area contributed by atoms with Crippen LogP contribution >= 0.6 is 11.8 Å². The molecule has 3 N–H and O–H groups in total. The second kappa shape index (κ2) is 6.64. The first-order valence-corrected chi connectivity index (χ1v) is 7.75. The summed E-state index contributed by atoms with van der Waals surface area (Å²) in [4.78, 5) is 11.8. The van der Waals surface area contributed by atoms with Crippen LogP contribution in [0.5, 0.6) is 0 Å². The van der Waals surface area contributed by atoms with Crippen LogP contribution in [-0.4, -0.2) is 30.0 Å². The van der Waals surface area contributed by atoms with Crippen molar-refractivity contribution in [2.24, 2.45) is 17.6 Å². The van der Waals surface area contributed by atoms with Gasteiger partial charge in [-0.15, -0.1) is 0 Å².